The van der Waals surface area contributed by atoms with E-state index in [1.165, 1.54) is 12.0 Å². The molecule has 0 aliphatic rings. The Morgan fingerprint density at radius 3 is 2.70 bits per heavy atom. The van der Waals surface area contributed by atoms with Crippen LogP contribution in [-0.4, -0.2) is 39.4 Å². The molecule has 0 spiro atoms. The lowest BCUT2D eigenvalue weighted by molar-refractivity contribution is 0.145. The third kappa shape index (κ3) is 7.88. The molecule has 1 aromatic rings. The van der Waals surface area contributed by atoms with E-state index in [4.69, 9.17) is 9.47 Å². The Balaban J connectivity index is 2.73. The second-order valence-electron chi connectivity index (χ2n) is 5.43. The first-order valence-corrected chi connectivity index (χ1v) is 8.44. The molecular formula is C18H31N3O2. The number of benzene rings is 1. The van der Waals surface area contributed by atoms with Crippen LogP contribution in [0.1, 0.15) is 37.8 Å². The van der Waals surface area contributed by atoms with E-state index in [0.29, 0.717) is 19.8 Å². The van der Waals surface area contributed by atoms with Gasteiger partial charge in [0.1, 0.15) is 12.4 Å². The molecule has 0 aliphatic heterocycles. The molecule has 0 fully saturated rings. The molecule has 23 heavy (non-hydrogen) atoms. The lowest BCUT2D eigenvalue weighted by Gasteiger charge is -2.13. The Labute approximate surface area is 140 Å². The fraction of sp³-hybridized carbons (Fsp3) is 0.611. The highest BCUT2D eigenvalue weighted by atomic mass is 16.5. The van der Waals surface area contributed by atoms with E-state index in [-0.39, 0.29) is 0 Å². The quantitative estimate of drug-likeness (QED) is 0.395. The molecule has 0 unspecified atom stereocenters. The van der Waals surface area contributed by atoms with Gasteiger partial charge in [0.15, 0.2) is 5.96 Å². The van der Waals surface area contributed by atoms with Crippen molar-refractivity contribution in [2.45, 2.75) is 40.2 Å². The molecule has 0 bridgehead atoms. The molecule has 5 heteroatoms. The maximum absolute atomic E-state index is 5.81. The van der Waals surface area contributed by atoms with E-state index >= 15 is 0 Å². The van der Waals surface area contributed by atoms with Crippen molar-refractivity contribution in [2.24, 2.45) is 4.99 Å². The van der Waals surface area contributed by atoms with Gasteiger partial charge in [0.2, 0.25) is 0 Å². The average molecular weight is 321 g/mol. The number of nitrogens with zero attached hydrogens (tertiary/aromatic N) is 1. The van der Waals surface area contributed by atoms with E-state index in [1.54, 1.807) is 7.11 Å². The van der Waals surface area contributed by atoms with Crippen LogP contribution in [0, 0.1) is 6.92 Å². The summed E-state index contributed by atoms with van der Waals surface area (Å²) in [6.07, 6.45) is 2.31. The minimum absolute atomic E-state index is 0.547. The van der Waals surface area contributed by atoms with Crippen molar-refractivity contribution in [1.29, 1.82) is 0 Å². The Bertz CT molecular complexity index is 475. The molecule has 0 radical (unpaired) electrons. The molecule has 0 heterocycles. The van der Waals surface area contributed by atoms with Crippen molar-refractivity contribution >= 4 is 5.96 Å². The lowest BCUT2D eigenvalue weighted by Crippen LogP contribution is -2.37. The predicted octanol–water partition coefficient (Wildman–Crippen LogP) is 2.88. The minimum Gasteiger partial charge on any atom is -0.491 e. The third-order valence-corrected chi connectivity index (χ3v) is 3.34. The first-order valence-electron chi connectivity index (χ1n) is 8.44. The maximum atomic E-state index is 5.81. The van der Waals surface area contributed by atoms with E-state index in [1.807, 2.05) is 0 Å². The molecule has 0 saturated carbocycles. The summed E-state index contributed by atoms with van der Waals surface area (Å²) >= 11 is 0. The average Bonchev–Trinajstić information content (AvgIpc) is 2.54. The maximum Gasteiger partial charge on any atom is 0.191 e. The molecule has 1 rings (SSSR count). The Kier molecular flexibility index (Phi) is 9.87. The van der Waals surface area contributed by atoms with Crippen LogP contribution in [0.2, 0.25) is 0 Å². The number of nitrogens with one attached hydrogen (secondary N) is 2. The smallest absolute Gasteiger partial charge is 0.191 e. The van der Waals surface area contributed by atoms with Gasteiger partial charge in [0.05, 0.1) is 13.2 Å². The highest BCUT2D eigenvalue weighted by molar-refractivity contribution is 5.79. The van der Waals surface area contributed by atoms with Gasteiger partial charge in [0.25, 0.3) is 0 Å². The largest absolute Gasteiger partial charge is 0.491 e. The van der Waals surface area contributed by atoms with Crippen LogP contribution in [0.15, 0.2) is 23.2 Å². The zero-order chi connectivity index (χ0) is 16.9. The van der Waals surface area contributed by atoms with Crippen molar-refractivity contribution in [1.82, 2.24) is 10.6 Å². The van der Waals surface area contributed by atoms with E-state index in [0.717, 1.165) is 36.8 Å². The van der Waals surface area contributed by atoms with Gasteiger partial charge in [0, 0.05) is 25.8 Å². The standard InChI is InChI=1S/C18H31N3O2/c1-5-7-10-20-18(19-6-2)21-14-16-9-8-15(3)13-17(16)23-12-11-22-4/h8-9,13H,5-7,10-12,14H2,1-4H3,(H2,19,20,21). The summed E-state index contributed by atoms with van der Waals surface area (Å²) in [7, 11) is 1.68. The van der Waals surface area contributed by atoms with Crippen molar-refractivity contribution in [3.05, 3.63) is 29.3 Å². The molecule has 5 nitrogen and oxygen atoms in total. The summed E-state index contributed by atoms with van der Waals surface area (Å²) < 4.78 is 10.9. The predicted molar refractivity (Wildman–Crippen MR) is 96.3 cm³/mol. The molecule has 0 amide bonds. The molecular weight excluding hydrogens is 290 g/mol. The van der Waals surface area contributed by atoms with Crippen LogP contribution in [0.5, 0.6) is 5.75 Å². The topological polar surface area (TPSA) is 54.9 Å². The molecule has 2 N–H and O–H groups in total. The second-order valence-corrected chi connectivity index (χ2v) is 5.43. The molecule has 1 aromatic carbocycles. The SMILES string of the molecule is CCCCNC(=NCc1ccc(C)cc1OCCOC)NCC. The zero-order valence-corrected chi connectivity index (χ0v) is 14.9. The van der Waals surface area contributed by atoms with Gasteiger partial charge in [-0.05, 0) is 31.9 Å². The van der Waals surface area contributed by atoms with E-state index < -0.39 is 0 Å². The van der Waals surface area contributed by atoms with Crippen LogP contribution in [0.4, 0.5) is 0 Å². The van der Waals surface area contributed by atoms with Gasteiger partial charge < -0.3 is 20.1 Å². The highest BCUT2D eigenvalue weighted by Gasteiger charge is 2.05. The zero-order valence-electron chi connectivity index (χ0n) is 14.9. The van der Waals surface area contributed by atoms with E-state index in [9.17, 15) is 0 Å². The third-order valence-electron chi connectivity index (χ3n) is 3.34. The van der Waals surface area contributed by atoms with Gasteiger partial charge >= 0.3 is 0 Å². The second kappa shape index (κ2) is 11.8. The number of aliphatic imine (C=N–C) groups is 1. The number of ether oxygens (including phenoxy) is 2. The summed E-state index contributed by atoms with van der Waals surface area (Å²) in [4.78, 5) is 4.66. The number of guanidine groups is 1. The van der Waals surface area contributed by atoms with Crippen molar-refractivity contribution in [2.75, 3.05) is 33.4 Å². The van der Waals surface area contributed by atoms with Crippen molar-refractivity contribution in [3.63, 3.8) is 0 Å². The molecule has 0 atom stereocenters. The Hall–Kier alpha value is -1.75. The lowest BCUT2D eigenvalue weighted by atomic mass is 10.1. The van der Waals surface area contributed by atoms with Gasteiger partial charge in [-0.2, -0.15) is 0 Å². The van der Waals surface area contributed by atoms with Crippen molar-refractivity contribution < 1.29 is 9.47 Å². The molecule has 0 aliphatic carbocycles. The summed E-state index contributed by atoms with van der Waals surface area (Å²) in [5.74, 6) is 1.74. The fourth-order valence-electron chi connectivity index (χ4n) is 2.05. The van der Waals surface area contributed by atoms with Crippen LogP contribution in [-0.2, 0) is 11.3 Å². The van der Waals surface area contributed by atoms with Crippen molar-refractivity contribution in [3.8, 4) is 5.75 Å². The Morgan fingerprint density at radius 2 is 2.00 bits per heavy atom. The minimum atomic E-state index is 0.547. The normalized spacial score (nSPS) is 11.4. The Morgan fingerprint density at radius 1 is 1.17 bits per heavy atom. The first-order chi connectivity index (χ1) is 11.2. The van der Waals surface area contributed by atoms with Crippen LogP contribution >= 0.6 is 0 Å². The monoisotopic (exact) mass is 321 g/mol. The van der Waals surface area contributed by atoms with Gasteiger partial charge in [-0.1, -0.05) is 25.5 Å². The number of methoxy groups -OCH3 is 1. The number of unbranched alkanes of at least 4 members (excludes halogenated alkanes) is 1. The number of hydrogen-bond acceptors (Lipinski definition) is 3. The van der Waals surface area contributed by atoms with Gasteiger partial charge in [-0.25, -0.2) is 4.99 Å². The fourth-order valence-corrected chi connectivity index (χ4v) is 2.05. The summed E-state index contributed by atoms with van der Waals surface area (Å²) in [6.45, 7) is 9.82. The molecule has 130 valence electrons. The number of rotatable bonds is 10. The summed E-state index contributed by atoms with van der Waals surface area (Å²) in [5, 5.41) is 6.63. The van der Waals surface area contributed by atoms with Gasteiger partial charge in [-0.3, -0.25) is 0 Å². The van der Waals surface area contributed by atoms with Crippen LogP contribution in [0.3, 0.4) is 0 Å². The first kappa shape index (κ1) is 19.3. The number of hydrogen-bond donors (Lipinski definition) is 2. The molecule has 0 saturated heterocycles. The van der Waals surface area contributed by atoms with E-state index in [2.05, 4.69) is 54.6 Å². The van der Waals surface area contributed by atoms with Gasteiger partial charge in [-0.15, -0.1) is 0 Å². The summed E-state index contributed by atoms with van der Waals surface area (Å²) in [5.41, 5.74) is 2.26. The highest BCUT2D eigenvalue weighted by Crippen LogP contribution is 2.21. The van der Waals surface area contributed by atoms with Crippen LogP contribution < -0.4 is 15.4 Å². The number of aryl methyl sites for hydroxylation is 1. The summed E-state index contributed by atoms with van der Waals surface area (Å²) in [6, 6.07) is 6.22. The van der Waals surface area contributed by atoms with Crippen LogP contribution in [0.25, 0.3) is 0 Å². The molecule has 0 aromatic heterocycles.